The van der Waals surface area contributed by atoms with E-state index in [-0.39, 0.29) is 10.6 Å². The standard InChI is InChI=1S/C31H42OP2/c1-8-18-31(9-2,27-20-25(30(5,6)7)19-23(4)28(27)32)34-29-22(3)14-13-15-24(29)21-33-26-16-11-10-12-17-26/h10-17,19-20,32-34H,8-9,18,21H2,1-7H3. The fraction of sp³-hybridized carbons (Fsp3) is 0.419. The Labute approximate surface area is 211 Å². The largest absolute Gasteiger partial charge is 0.507 e. The number of hydrogen-bond acceptors (Lipinski definition) is 1. The summed E-state index contributed by atoms with van der Waals surface area (Å²) in [5.74, 6) is 0.497. The van der Waals surface area contributed by atoms with Crippen molar-refractivity contribution in [3.05, 3.63) is 88.5 Å². The normalized spacial score (nSPS) is 14.3. The van der Waals surface area contributed by atoms with Gasteiger partial charge in [-0.25, -0.2) is 0 Å². The average molecular weight is 493 g/mol. The van der Waals surface area contributed by atoms with E-state index in [4.69, 9.17) is 0 Å². The van der Waals surface area contributed by atoms with Crippen molar-refractivity contribution < 1.29 is 5.11 Å². The second-order valence-electron chi connectivity index (χ2n) is 10.6. The van der Waals surface area contributed by atoms with Crippen LogP contribution in [0, 0.1) is 13.8 Å². The van der Waals surface area contributed by atoms with E-state index in [2.05, 4.69) is 109 Å². The molecule has 0 aliphatic carbocycles. The van der Waals surface area contributed by atoms with Gasteiger partial charge in [-0.3, -0.25) is 0 Å². The van der Waals surface area contributed by atoms with Gasteiger partial charge in [0.1, 0.15) is 5.75 Å². The van der Waals surface area contributed by atoms with Crippen molar-refractivity contribution in [3.63, 3.8) is 0 Å². The van der Waals surface area contributed by atoms with E-state index in [0.717, 1.165) is 45.1 Å². The summed E-state index contributed by atoms with van der Waals surface area (Å²) in [6, 6.07) is 22.1. The van der Waals surface area contributed by atoms with Crippen molar-refractivity contribution in [2.75, 3.05) is 0 Å². The van der Waals surface area contributed by atoms with Crippen LogP contribution in [0.3, 0.4) is 0 Å². The Morgan fingerprint density at radius 3 is 2.18 bits per heavy atom. The van der Waals surface area contributed by atoms with Crippen LogP contribution in [0.25, 0.3) is 0 Å². The molecule has 3 unspecified atom stereocenters. The first kappa shape index (κ1) is 26.9. The number of aromatic hydroxyl groups is 1. The second-order valence-corrected chi connectivity index (χ2v) is 13.6. The van der Waals surface area contributed by atoms with Gasteiger partial charge in [0.25, 0.3) is 0 Å². The Kier molecular flexibility index (Phi) is 9.00. The third kappa shape index (κ3) is 6.11. The molecule has 3 aromatic carbocycles. The third-order valence-corrected chi connectivity index (χ3v) is 10.6. The number of hydrogen-bond donors (Lipinski definition) is 1. The predicted octanol–water partition coefficient (Wildman–Crippen LogP) is 8.22. The molecule has 0 radical (unpaired) electrons. The van der Waals surface area contributed by atoms with Crippen molar-refractivity contribution in [2.45, 2.75) is 84.5 Å². The molecule has 3 heteroatoms. The highest BCUT2D eigenvalue weighted by Crippen LogP contribution is 2.53. The van der Waals surface area contributed by atoms with Gasteiger partial charge in [-0.15, -0.1) is 0 Å². The fourth-order valence-corrected chi connectivity index (χ4v) is 8.03. The van der Waals surface area contributed by atoms with Crippen molar-refractivity contribution in [1.82, 2.24) is 0 Å². The molecule has 34 heavy (non-hydrogen) atoms. The van der Waals surface area contributed by atoms with E-state index in [1.54, 1.807) is 0 Å². The van der Waals surface area contributed by atoms with Gasteiger partial charge in [0.05, 0.1) is 0 Å². The molecule has 0 fully saturated rings. The highest BCUT2D eigenvalue weighted by atomic mass is 31.1. The van der Waals surface area contributed by atoms with Crippen molar-refractivity contribution >= 4 is 27.8 Å². The molecule has 0 bridgehead atoms. The van der Waals surface area contributed by atoms with Gasteiger partial charge in [0.15, 0.2) is 0 Å². The summed E-state index contributed by atoms with van der Waals surface area (Å²) in [4.78, 5) is 0. The van der Waals surface area contributed by atoms with E-state index in [9.17, 15) is 5.11 Å². The highest BCUT2D eigenvalue weighted by Gasteiger charge is 2.35. The van der Waals surface area contributed by atoms with Crippen LogP contribution in [0.1, 0.15) is 81.7 Å². The lowest BCUT2D eigenvalue weighted by atomic mass is 9.81. The topological polar surface area (TPSA) is 20.2 Å². The Morgan fingerprint density at radius 1 is 0.853 bits per heavy atom. The molecule has 3 aromatic rings. The minimum atomic E-state index is -0.0540. The van der Waals surface area contributed by atoms with E-state index in [0.29, 0.717) is 14.3 Å². The molecule has 0 aromatic heterocycles. The van der Waals surface area contributed by atoms with E-state index in [1.165, 1.54) is 27.3 Å². The number of phenols is 1. The van der Waals surface area contributed by atoms with Crippen LogP contribution in [0.2, 0.25) is 0 Å². The fourth-order valence-electron chi connectivity index (χ4n) is 4.77. The summed E-state index contributed by atoms with van der Waals surface area (Å²) >= 11 is 0. The molecule has 0 saturated carbocycles. The second kappa shape index (κ2) is 11.4. The quantitative estimate of drug-likeness (QED) is 0.298. The minimum Gasteiger partial charge on any atom is -0.507 e. The highest BCUT2D eigenvalue weighted by molar-refractivity contribution is 7.49. The van der Waals surface area contributed by atoms with E-state index in [1.807, 2.05) is 0 Å². The van der Waals surface area contributed by atoms with Crippen LogP contribution in [-0.2, 0) is 16.7 Å². The molecule has 0 saturated heterocycles. The van der Waals surface area contributed by atoms with Gasteiger partial charge >= 0.3 is 0 Å². The van der Waals surface area contributed by atoms with Crippen molar-refractivity contribution in [2.24, 2.45) is 0 Å². The Balaban J connectivity index is 2.08. The van der Waals surface area contributed by atoms with Gasteiger partial charge in [-0.2, -0.15) is 0 Å². The zero-order chi connectivity index (χ0) is 24.9. The maximum Gasteiger partial charge on any atom is 0.122 e. The van der Waals surface area contributed by atoms with Crippen LogP contribution < -0.4 is 10.6 Å². The van der Waals surface area contributed by atoms with Crippen LogP contribution >= 0.6 is 17.2 Å². The molecule has 0 spiro atoms. The zero-order valence-electron chi connectivity index (χ0n) is 22.0. The number of phenolic OH excluding ortho intramolecular Hbond substituents is 1. The molecule has 0 aliphatic heterocycles. The summed E-state index contributed by atoms with van der Waals surface area (Å²) in [6.45, 7) is 15.7. The van der Waals surface area contributed by atoms with E-state index >= 15 is 0 Å². The molecular weight excluding hydrogens is 450 g/mol. The first-order chi connectivity index (χ1) is 16.1. The third-order valence-electron chi connectivity index (χ3n) is 6.94. The van der Waals surface area contributed by atoms with Crippen LogP contribution in [0.15, 0.2) is 60.7 Å². The molecule has 3 rings (SSSR count). The monoisotopic (exact) mass is 492 g/mol. The smallest absolute Gasteiger partial charge is 0.122 e. The zero-order valence-corrected chi connectivity index (χ0v) is 24.0. The summed E-state index contributed by atoms with van der Waals surface area (Å²) < 4.78 is 0. The summed E-state index contributed by atoms with van der Waals surface area (Å²) in [5.41, 5.74) is 6.36. The Morgan fingerprint density at radius 2 is 1.56 bits per heavy atom. The molecule has 0 aliphatic rings. The van der Waals surface area contributed by atoms with Gasteiger partial charge in [0, 0.05) is 10.7 Å². The average Bonchev–Trinajstić information content (AvgIpc) is 2.80. The lowest BCUT2D eigenvalue weighted by molar-refractivity contribution is 0.437. The predicted molar refractivity (Wildman–Crippen MR) is 156 cm³/mol. The van der Waals surface area contributed by atoms with Crippen molar-refractivity contribution in [1.29, 1.82) is 0 Å². The van der Waals surface area contributed by atoms with Crippen LogP contribution in [0.4, 0.5) is 0 Å². The summed E-state index contributed by atoms with van der Waals surface area (Å²) in [7, 11) is 1.40. The maximum atomic E-state index is 11.4. The molecule has 3 atom stereocenters. The number of benzene rings is 3. The molecule has 1 N–H and O–H groups in total. The van der Waals surface area contributed by atoms with Crippen molar-refractivity contribution in [3.8, 4) is 5.75 Å². The summed E-state index contributed by atoms with van der Waals surface area (Å²) in [5, 5.41) is 14.2. The van der Waals surface area contributed by atoms with Gasteiger partial charge < -0.3 is 5.11 Å². The van der Waals surface area contributed by atoms with Gasteiger partial charge in [-0.1, -0.05) is 119 Å². The van der Waals surface area contributed by atoms with Crippen LogP contribution in [0.5, 0.6) is 5.75 Å². The molecule has 0 amide bonds. The SMILES string of the molecule is CCCC(CC)(Pc1c(C)cccc1CPc1ccccc1)c1cc(C(C)(C)C)cc(C)c1O. The lowest BCUT2D eigenvalue weighted by Gasteiger charge is -2.37. The van der Waals surface area contributed by atoms with Gasteiger partial charge in [0.2, 0.25) is 0 Å². The molecule has 0 heterocycles. The summed E-state index contributed by atoms with van der Waals surface area (Å²) in [6.07, 6.45) is 4.28. The minimum absolute atomic E-state index is 0.0483. The van der Waals surface area contributed by atoms with Gasteiger partial charge in [-0.05, 0) is 71.1 Å². The number of aryl methyl sites for hydroxylation is 2. The van der Waals surface area contributed by atoms with E-state index < -0.39 is 0 Å². The lowest BCUT2D eigenvalue weighted by Crippen LogP contribution is -2.26. The number of rotatable bonds is 9. The molecule has 1 nitrogen and oxygen atoms in total. The van der Waals surface area contributed by atoms with Crippen LogP contribution in [-0.4, -0.2) is 5.11 Å². The molecular formula is C31H42OP2. The first-order valence-corrected chi connectivity index (χ1v) is 14.8. The Bertz CT molecular complexity index is 1100. The molecule has 182 valence electrons. The first-order valence-electron chi connectivity index (χ1n) is 12.6. The maximum absolute atomic E-state index is 11.4. The Hall–Kier alpha value is -1.68.